The van der Waals surface area contributed by atoms with Crippen LogP contribution in [0.5, 0.6) is 0 Å². The molecule has 0 aliphatic heterocycles. The Hall–Kier alpha value is -0.160. The first-order valence-electron chi connectivity index (χ1n) is 3.90. The number of rotatable bonds is 0. The third-order valence-corrected chi connectivity index (χ3v) is 2.21. The van der Waals surface area contributed by atoms with Gasteiger partial charge in [-0.05, 0) is 12.8 Å². The van der Waals surface area contributed by atoms with E-state index in [9.17, 15) is 15.3 Å². The average Bonchev–Trinajstić information content (AvgIpc) is 2.03. The molecule has 66 valence electrons. The molecule has 4 nitrogen and oxygen atoms in total. The Bertz CT molecular complexity index is 124. The van der Waals surface area contributed by atoms with Gasteiger partial charge >= 0.3 is 0 Å². The zero-order valence-corrected chi connectivity index (χ0v) is 6.40. The van der Waals surface area contributed by atoms with E-state index in [1.165, 1.54) is 0 Å². The molecule has 11 heavy (non-hydrogen) atoms. The molecule has 1 aliphatic rings. The van der Waals surface area contributed by atoms with E-state index in [1.807, 2.05) is 0 Å². The molecule has 0 aromatic carbocycles. The molecular formula is C7H15NO3. The first-order chi connectivity index (χ1) is 5.01. The van der Waals surface area contributed by atoms with Crippen molar-refractivity contribution >= 4 is 0 Å². The minimum Gasteiger partial charge on any atom is -0.392 e. The van der Waals surface area contributed by atoms with Crippen LogP contribution in [-0.2, 0) is 0 Å². The Morgan fingerprint density at radius 2 is 1.73 bits per heavy atom. The molecule has 4 heteroatoms. The maximum absolute atomic E-state index is 9.24. The number of aliphatic hydroxyl groups is 3. The predicted octanol–water partition coefficient (Wildman–Crippen LogP) is -1.07. The molecule has 1 fully saturated rings. The van der Waals surface area contributed by atoms with Crippen molar-refractivity contribution in [2.24, 2.45) is 5.73 Å². The van der Waals surface area contributed by atoms with Gasteiger partial charge in [-0.25, -0.2) is 0 Å². The van der Waals surface area contributed by atoms with Crippen LogP contribution in [0.4, 0.5) is 0 Å². The zero-order valence-electron chi connectivity index (χ0n) is 6.40. The molecule has 0 spiro atoms. The Morgan fingerprint density at radius 3 is 2.36 bits per heavy atom. The molecule has 0 aromatic rings. The normalized spacial score (nSPS) is 38.2. The van der Waals surface area contributed by atoms with Crippen LogP contribution in [0, 0.1) is 0 Å². The predicted molar refractivity (Wildman–Crippen MR) is 39.6 cm³/mol. The zero-order chi connectivity index (χ0) is 8.48. The van der Waals surface area contributed by atoms with Crippen molar-refractivity contribution in [2.75, 3.05) is 0 Å². The van der Waals surface area contributed by atoms with Crippen molar-refractivity contribution in [3.63, 3.8) is 0 Å². The van der Waals surface area contributed by atoms with Crippen LogP contribution in [0.3, 0.4) is 0 Å². The molecule has 2 unspecified atom stereocenters. The van der Waals surface area contributed by atoms with E-state index < -0.39 is 11.9 Å². The average molecular weight is 161 g/mol. The lowest BCUT2D eigenvalue weighted by Crippen LogP contribution is -2.33. The van der Waals surface area contributed by atoms with E-state index in [-0.39, 0.29) is 18.9 Å². The highest BCUT2D eigenvalue weighted by atomic mass is 16.5. The fourth-order valence-corrected chi connectivity index (χ4v) is 1.31. The van der Waals surface area contributed by atoms with Crippen LogP contribution in [0.1, 0.15) is 25.7 Å². The largest absolute Gasteiger partial charge is 0.392 e. The summed E-state index contributed by atoms with van der Waals surface area (Å²) in [5.74, 6) is -1.62. The number of hydrogen-bond donors (Lipinski definition) is 4. The van der Waals surface area contributed by atoms with Gasteiger partial charge in [-0.3, -0.25) is 0 Å². The lowest BCUT2D eigenvalue weighted by atomic mass is 10.1. The third kappa shape index (κ3) is 2.41. The molecule has 0 amide bonds. The lowest BCUT2D eigenvalue weighted by molar-refractivity contribution is -0.169. The van der Waals surface area contributed by atoms with Gasteiger partial charge < -0.3 is 21.1 Å². The summed E-state index contributed by atoms with van der Waals surface area (Å²) in [6.45, 7) is 0. The van der Waals surface area contributed by atoms with Crippen molar-refractivity contribution in [1.82, 2.24) is 0 Å². The fourth-order valence-electron chi connectivity index (χ4n) is 1.31. The molecule has 1 rings (SSSR count). The minimum absolute atomic E-state index is 0.210. The number of nitrogens with two attached hydrogens (primary N) is 1. The highest BCUT2D eigenvalue weighted by molar-refractivity contribution is 4.81. The molecule has 0 bridgehead atoms. The van der Waals surface area contributed by atoms with E-state index in [4.69, 9.17) is 5.73 Å². The second kappa shape index (κ2) is 3.06. The molecular weight excluding hydrogens is 146 g/mol. The standard InChI is InChI=1S/C7H15NO3/c8-5-1-3-7(10,11)4-2-6(5)9/h5-6,9-11H,1-4,8H2. The quantitative estimate of drug-likeness (QED) is 0.269. The van der Waals surface area contributed by atoms with Crippen molar-refractivity contribution in [1.29, 1.82) is 0 Å². The first kappa shape index (κ1) is 8.93. The smallest absolute Gasteiger partial charge is 0.162 e. The highest BCUT2D eigenvalue weighted by Crippen LogP contribution is 2.23. The van der Waals surface area contributed by atoms with Crippen molar-refractivity contribution in [2.45, 2.75) is 43.6 Å². The van der Waals surface area contributed by atoms with Crippen LogP contribution in [0.15, 0.2) is 0 Å². The summed E-state index contributed by atoms with van der Waals surface area (Å²) in [5, 5.41) is 27.6. The van der Waals surface area contributed by atoms with Gasteiger partial charge in [-0.2, -0.15) is 0 Å². The summed E-state index contributed by atoms with van der Waals surface area (Å²) >= 11 is 0. The number of aliphatic hydroxyl groups excluding tert-OH is 1. The second-order valence-corrected chi connectivity index (χ2v) is 3.29. The van der Waals surface area contributed by atoms with Crippen LogP contribution in [-0.4, -0.2) is 33.3 Å². The summed E-state index contributed by atoms with van der Waals surface area (Å²) in [6.07, 6.45) is 0.714. The molecule has 5 N–H and O–H groups in total. The van der Waals surface area contributed by atoms with Crippen LogP contribution in [0.25, 0.3) is 0 Å². The molecule has 0 heterocycles. The molecule has 0 radical (unpaired) electrons. The van der Waals surface area contributed by atoms with E-state index >= 15 is 0 Å². The van der Waals surface area contributed by atoms with Gasteiger partial charge in [-0.15, -0.1) is 0 Å². The summed E-state index contributed by atoms with van der Waals surface area (Å²) < 4.78 is 0. The maximum Gasteiger partial charge on any atom is 0.162 e. The van der Waals surface area contributed by atoms with Gasteiger partial charge in [0.2, 0.25) is 0 Å². The Labute approximate surface area is 65.6 Å². The minimum atomic E-state index is -1.62. The fraction of sp³-hybridized carbons (Fsp3) is 1.00. The van der Waals surface area contributed by atoms with Crippen LogP contribution >= 0.6 is 0 Å². The highest BCUT2D eigenvalue weighted by Gasteiger charge is 2.30. The first-order valence-corrected chi connectivity index (χ1v) is 3.90. The van der Waals surface area contributed by atoms with E-state index in [0.29, 0.717) is 12.8 Å². The SMILES string of the molecule is NC1CCC(O)(O)CCC1O. The van der Waals surface area contributed by atoms with E-state index in [1.54, 1.807) is 0 Å². The van der Waals surface area contributed by atoms with Gasteiger partial charge in [0.15, 0.2) is 5.79 Å². The Kier molecular flexibility index (Phi) is 2.49. The van der Waals surface area contributed by atoms with E-state index in [2.05, 4.69) is 0 Å². The molecule has 2 atom stereocenters. The van der Waals surface area contributed by atoms with E-state index in [0.717, 1.165) is 0 Å². The van der Waals surface area contributed by atoms with Gasteiger partial charge in [-0.1, -0.05) is 0 Å². The molecule has 1 aliphatic carbocycles. The van der Waals surface area contributed by atoms with Crippen LogP contribution in [0.2, 0.25) is 0 Å². The van der Waals surface area contributed by atoms with Gasteiger partial charge in [0.1, 0.15) is 0 Å². The molecule has 1 saturated carbocycles. The maximum atomic E-state index is 9.24. The topological polar surface area (TPSA) is 86.7 Å². The Morgan fingerprint density at radius 1 is 1.18 bits per heavy atom. The summed E-state index contributed by atoms with van der Waals surface area (Å²) in [5.41, 5.74) is 5.53. The second-order valence-electron chi connectivity index (χ2n) is 3.29. The molecule has 0 aromatic heterocycles. The van der Waals surface area contributed by atoms with Crippen molar-refractivity contribution in [3.05, 3.63) is 0 Å². The van der Waals surface area contributed by atoms with Crippen molar-refractivity contribution in [3.8, 4) is 0 Å². The van der Waals surface area contributed by atoms with Gasteiger partial charge in [0.05, 0.1) is 6.10 Å². The third-order valence-electron chi connectivity index (χ3n) is 2.21. The van der Waals surface area contributed by atoms with Gasteiger partial charge in [0, 0.05) is 18.9 Å². The number of hydrogen-bond acceptors (Lipinski definition) is 4. The van der Waals surface area contributed by atoms with Crippen molar-refractivity contribution < 1.29 is 15.3 Å². The lowest BCUT2D eigenvalue weighted by Gasteiger charge is -2.18. The molecule has 0 saturated heterocycles. The Balaban J connectivity index is 2.51. The summed E-state index contributed by atoms with van der Waals surface area (Å²) in [6, 6.07) is -0.309. The summed E-state index contributed by atoms with van der Waals surface area (Å²) in [7, 11) is 0. The summed E-state index contributed by atoms with van der Waals surface area (Å²) in [4.78, 5) is 0. The monoisotopic (exact) mass is 161 g/mol. The van der Waals surface area contributed by atoms with Crippen LogP contribution < -0.4 is 5.73 Å². The van der Waals surface area contributed by atoms with Gasteiger partial charge in [0.25, 0.3) is 0 Å².